The zero-order valence-corrected chi connectivity index (χ0v) is 20.0. The summed E-state index contributed by atoms with van der Waals surface area (Å²) in [7, 11) is -1.66. The summed E-state index contributed by atoms with van der Waals surface area (Å²) in [6.45, 7) is 7.71. The lowest BCUT2D eigenvalue weighted by Gasteiger charge is -2.31. The molecule has 0 saturated carbocycles. The number of nitrogens with one attached hydrogen (secondary N) is 2. The van der Waals surface area contributed by atoms with Crippen molar-refractivity contribution in [3.05, 3.63) is 53.1 Å². The predicted octanol–water partition coefficient (Wildman–Crippen LogP) is 4.45. The number of hydrogen-bond donors (Lipinski definition) is 2. The molecule has 0 atom stereocenters. The van der Waals surface area contributed by atoms with Crippen LogP contribution >= 0.6 is 0 Å². The van der Waals surface area contributed by atoms with Crippen LogP contribution in [-0.2, 0) is 15.4 Å². The summed E-state index contributed by atoms with van der Waals surface area (Å²) in [6, 6.07) is 11.0. The van der Waals surface area contributed by atoms with Gasteiger partial charge in [-0.2, -0.15) is 0 Å². The summed E-state index contributed by atoms with van der Waals surface area (Å²) >= 11 is 0. The Labute approximate surface area is 190 Å². The van der Waals surface area contributed by atoms with Crippen LogP contribution in [0.1, 0.15) is 43.9 Å². The van der Waals surface area contributed by atoms with Crippen LogP contribution in [0.2, 0.25) is 0 Å². The number of benzene rings is 2. The van der Waals surface area contributed by atoms with E-state index >= 15 is 0 Å². The quantitative estimate of drug-likeness (QED) is 0.627. The number of nitrogens with zero attached hydrogens (tertiary/aromatic N) is 1. The molecule has 0 bridgehead atoms. The van der Waals surface area contributed by atoms with E-state index in [0.29, 0.717) is 18.8 Å². The predicted molar refractivity (Wildman–Crippen MR) is 131 cm³/mol. The normalized spacial score (nSPS) is 15.0. The molecular formula is C24H31N3O4S. The highest BCUT2D eigenvalue weighted by molar-refractivity contribution is 7.92. The zero-order chi connectivity index (χ0) is 23.5. The number of amides is 2. The van der Waals surface area contributed by atoms with Crippen molar-refractivity contribution in [1.29, 1.82) is 0 Å². The highest BCUT2D eigenvalue weighted by Crippen LogP contribution is 2.39. The average molecular weight is 458 g/mol. The van der Waals surface area contributed by atoms with Gasteiger partial charge in [0.05, 0.1) is 13.4 Å². The van der Waals surface area contributed by atoms with Crippen molar-refractivity contribution in [3.8, 4) is 5.75 Å². The third-order valence-electron chi connectivity index (χ3n) is 5.18. The molecule has 0 aliphatic carbocycles. The fourth-order valence-corrected chi connectivity index (χ4v) is 4.20. The first-order valence-corrected chi connectivity index (χ1v) is 12.4. The van der Waals surface area contributed by atoms with E-state index in [1.165, 1.54) is 0 Å². The van der Waals surface area contributed by atoms with Crippen LogP contribution < -0.4 is 19.7 Å². The minimum Gasteiger partial charge on any atom is -0.496 e. The minimum absolute atomic E-state index is 0.0924. The van der Waals surface area contributed by atoms with Crippen LogP contribution in [0.4, 0.5) is 16.2 Å². The van der Waals surface area contributed by atoms with Gasteiger partial charge in [0.1, 0.15) is 5.75 Å². The van der Waals surface area contributed by atoms with E-state index in [4.69, 9.17) is 4.74 Å². The molecule has 8 heteroatoms. The van der Waals surface area contributed by atoms with E-state index in [2.05, 4.69) is 30.8 Å². The maximum Gasteiger partial charge on any atom is 0.321 e. The number of urea groups is 1. The van der Waals surface area contributed by atoms with E-state index in [1.54, 1.807) is 24.1 Å². The molecule has 2 amide bonds. The topological polar surface area (TPSA) is 87.7 Å². The molecule has 1 aliphatic rings. The lowest BCUT2D eigenvalue weighted by atomic mass is 9.84. The summed E-state index contributed by atoms with van der Waals surface area (Å²) in [4.78, 5) is 14.2. The van der Waals surface area contributed by atoms with Crippen molar-refractivity contribution < 1.29 is 17.9 Å². The molecule has 0 radical (unpaired) electrons. The number of carbonyl (C=O) groups excluding carboxylic acids is 1. The molecule has 2 N–H and O–H groups in total. The molecule has 2 aromatic carbocycles. The molecule has 3 rings (SSSR count). The SMILES string of the molecule is COc1c(/C=C/c2ccc(NS(C)(=O)=O)cc2)cc(N2CCCNC2=O)cc1C(C)(C)C. The van der Waals surface area contributed by atoms with Gasteiger partial charge in [-0.3, -0.25) is 9.62 Å². The van der Waals surface area contributed by atoms with Crippen molar-refractivity contribution in [3.63, 3.8) is 0 Å². The van der Waals surface area contributed by atoms with Gasteiger partial charge < -0.3 is 10.1 Å². The first-order chi connectivity index (χ1) is 15.0. The standard InChI is InChI=1S/C24H31N3O4S/c1-24(2,3)21-16-20(27-14-6-13-25-23(27)28)15-18(22(21)31-4)10-7-17-8-11-19(12-9-17)26-32(5,29)30/h7-12,15-16,26H,6,13-14H2,1-5H3,(H,25,28)/b10-7+. The van der Waals surface area contributed by atoms with Crippen LogP contribution in [0.5, 0.6) is 5.75 Å². The monoisotopic (exact) mass is 457 g/mol. The van der Waals surface area contributed by atoms with Gasteiger partial charge in [0.2, 0.25) is 10.0 Å². The van der Waals surface area contributed by atoms with E-state index in [1.807, 2.05) is 36.4 Å². The molecule has 1 fully saturated rings. The largest absolute Gasteiger partial charge is 0.496 e. The second-order valence-electron chi connectivity index (χ2n) is 8.93. The number of sulfonamides is 1. The van der Waals surface area contributed by atoms with Crippen molar-refractivity contribution >= 4 is 39.6 Å². The summed E-state index contributed by atoms with van der Waals surface area (Å²) in [5.41, 5.74) is 3.95. The van der Waals surface area contributed by atoms with Gasteiger partial charge in [-0.1, -0.05) is 45.1 Å². The van der Waals surface area contributed by atoms with Gasteiger partial charge in [-0.15, -0.1) is 0 Å². The first kappa shape index (κ1) is 23.7. The van der Waals surface area contributed by atoms with Gasteiger partial charge in [0, 0.05) is 35.6 Å². The number of anilines is 2. The summed E-state index contributed by atoms with van der Waals surface area (Å²) in [5.74, 6) is 0.769. The molecule has 0 unspecified atom stereocenters. The van der Waals surface area contributed by atoms with Crippen molar-refractivity contribution in [2.24, 2.45) is 0 Å². The fraction of sp³-hybridized carbons (Fsp3) is 0.375. The Morgan fingerprint density at radius 3 is 2.38 bits per heavy atom. The molecule has 7 nitrogen and oxygen atoms in total. The highest BCUT2D eigenvalue weighted by Gasteiger charge is 2.26. The summed E-state index contributed by atoms with van der Waals surface area (Å²) in [6.07, 6.45) is 5.91. The van der Waals surface area contributed by atoms with Crippen molar-refractivity contribution in [1.82, 2.24) is 5.32 Å². The molecular weight excluding hydrogens is 426 g/mol. The third-order valence-corrected chi connectivity index (χ3v) is 5.78. The molecule has 0 aromatic heterocycles. The lowest BCUT2D eigenvalue weighted by molar-refractivity contribution is 0.243. The van der Waals surface area contributed by atoms with Gasteiger partial charge >= 0.3 is 6.03 Å². The van der Waals surface area contributed by atoms with E-state index in [-0.39, 0.29) is 11.4 Å². The van der Waals surface area contributed by atoms with E-state index < -0.39 is 10.0 Å². The zero-order valence-electron chi connectivity index (χ0n) is 19.2. The van der Waals surface area contributed by atoms with Crippen LogP contribution in [0, 0.1) is 0 Å². The second kappa shape index (κ2) is 9.24. The Balaban J connectivity index is 2.00. The average Bonchev–Trinajstić information content (AvgIpc) is 2.71. The summed E-state index contributed by atoms with van der Waals surface area (Å²) < 4.78 is 31.0. The Bertz CT molecular complexity index is 1120. The molecule has 1 heterocycles. The van der Waals surface area contributed by atoms with Crippen LogP contribution in [0.3, 0.4) is 0 Å². The molecule has 0 spiro atoms. The number of ether oxygens (including phenoxy) is 1. The van der Waals surface area contributed by atoms with Gasteiger partial charge in [0.15, 0.2) is 0 Å². The van der Waals surface area contributed by atoms with Crippen LogP contribution in [-0.4, -0.2) is 40.9 Å². The number of carbonyl (C=O) groups is 1. The summed E-state index contributed by atoms with van der Waals surface area (Å²) in [5, 5.41) is 2.91. The first-order valence-electron chi connectivity index (χ1n) is 10.5. The Hall–Kier alpha value is -3.00. The second-order valence-corrected chi connectivity index (χ2v) is 10.7. The van der Waals surface area contributed by atoms with Crippen LogP contribution in [0.15, 0.2) is 36.4 Å². The number of hydrogen-bond acceptors (Lipinski definition) is 4. The van der Waals surface area contributed by atoms with Gasteiger partial charge in [0.25, 0.3) is 0 Å². The maximum atomic E-state index is 12.4. The Morgan fingerprint density at radius 1 is 1.12 bits per heavy atom. The molecule has 1 aliphatic heterocycles. The molecule has 2 aromatic rings. The number of rotatable bonds is 6. The van der Waals surface area contributed by atoms with Crippen molar-refractivity contribution in [2.45, 2.75) is 32.6 Å². The van der Waals surface area contributed by atoms with Gasteiger partial charge in [-0.25, -0.2) is 13.2 Å². The van der Waals surface area contributed by atoms with Crippen molar-refractivity contribution in [2.75, 3.05) is 36.1 Å². The highest BCUT2D eigenvalue weighted by atomic mass is 32.2. The molecule has 172 valence electrons. The molecule has 1 saturated heterocycles. The van der Waals surface area contributed by atoms with E-state index in [0.717, 1.165) is 40.8 Å². The fourth-order valence-electron chi connectivity index (χ4n) is 3.64. The minimum atomic E-state index is -3.31. The van der Waals surface area contributed by atoms with E-state index in [9.17, 15) is 13.2 Å². The Kier molecular flexibility index (Phi) is 6.83. The van der Waals surface area contributed by atoms with Crippen LogP contribution in [0.25, 0.3) is 12.2 Å². The Morgan fingerprint density at radius 2 is 1.81 bits per heavy atom. The number of methoxy groups -OCH3 is 1. The van der Waals surface area contributed by atoms with Gasteiger partial charge in [-0.05, 0) is 41.7 Å². The lowest BCUT2D eigenvalue weighted by Crippen LogP contribution is -2.46. The maximum absolute atomic E-state index is 12.4. The smallest absolute Gasteiger partial charge is 0.321 e. The third kappa shape index (κ3) is 5.82. The molecule has 32 heavy (non-hydrogen) atoms.